The van der Waals surface area contributed by atoms with Crippen molar-refractivity contribution in [2.24, 2.45) is 0 Å². The van der Waals surface area contributed by atoms with Gasteiger partial charge in [-0.1, -0.05) is 19.3 Å². The van der Waals surface area contributed by atoms with E-state index in [9.17, 15) is 4.79 Å². The highest BCUT2D eigenvalue weighted by molar-refractivity contribution is 5.94. The summed E-state index contributed by atoms with van der Waals surface area (Å²) in [6, 6.07) is 7.12. The highest BCUT2D eigenvalue weighted by atomic mass is 16.5. The van der Waals surface area contributed by atoms with E-state index in [0.29, 0.717) is 5.69 Å². The molecule has 0 heterocycles. The molecular weight excluding hydrogens is 240 g/mol. The Morgan fingerprint density at radius 3 is 2.53 bits per heavy atom. The van der Waals surface area contributed by atoms with E-state index < -0.39 is 6.10 Å². The molecule has 0 radical (unpaired) electrons. The molecule has 3 N–H and O–H groups in total. The second-order valence-electron chi connectivity index (χ2n) is 5.15. The molecule has 4 heteroatoms. The van der Waals surface area contributed by atoms with Crippen LogP contribution in [0.15, 0.2) is 24.3 Å². The van der Waals surface area contributed by atoms with Crippen LogP contribution in [0.3, 0.4) is 0 Å². The molecule has 1 aromatic rings. The van der Waals surface area contributed by atoms with E-state index >= 15 is 0 Å². The van der Waals surface area contributed by atoms with Crippen molar-refractivity contribution >= 4 is 17.3 Å². The van der Waals surface area contributed by atoms with Crippen molar-refractivity contribution in [3.63, 3.8) is 0 Å². The van der Waals surface area contributed by atoms with Gasteiger partial charge < -0.3 is 15.8 Å². The molecule has 0 bridgehead atoms. The molecule has 1 unspecified atom stereocenters. The average molecular weight is 262 g/mol. The number of ether oxygens (including phenoxy) is 1. The third kappa shape index (κ3) is 4.24. The lowest BCUT2D eigenvalue weighted by molar-refractivity contribution is -0.131. The van der Waals surface area contributed by atoms with Crippen molar-refractivity contribution in [2.75, 3.05) is 11.1 Å². The molecule has 1 amide bonds. The van der Waals surface area contributed by atoms with Gasteiger partial charge in [0.2, 0.25) is 0 Å². The van der Waals surface area contributed by atoms with Gasteiger partial charge in [0.1, 0.15) is 6.10 Å². The van der Waals surface area contributed by atoms with Gasteiger partial charge in [-0.25, -0.2) is 0 Å². The van der Waals surface area contributed by atoms with Crippen LogP contribution in [0, 0.1) is 0 Å². The Bertz CT molecular complexity index is 411. The Morgan fingerprint density at radius 1 is 1.26 bits per heavy atom. The molecule has 0 spiro atoms. The molecule has 19 heavy (non-hydrogen) atoms. The minimum Gasteiger partial charge on any atom is -0.399 e. The lowest BCUT2D eigenvalue weighted by Crippen LogP contribution is -2.32. The Balaban J connectivity index is 1.83. The number of carbonyl (C=O) groups excluding carboxylic acids is 1. The molecule has 1 atom stereocenters. The van der Waals surface area contributed by atoms with Crippen LogP contribution in [0.25, 0.3) is 0 Å². The minimum absolute atomic E-state index is 0.102. The van der Waals surface area contributed by atoms with Crippen LogP contribution in [-0.4, -0.2) is 18.1 Å². The van der Waals surface area contributed by atoms with Gasteiger partial charge in [0.05, 0.1) is 6.10 Å². The molecule has 1 fully saturated rings. The van der Waals surface area contributed by atoms with Crippen molar-refractivity contribution < 1.29 is 9.53 Å². The fourth-order valence-corrected chi connectivity index (χ4v) is 2.36. The van der Waals surface area contributed by atoms with Crippen LogP contribution in [0.2, 0.25) is 0 Å². The van der Waals surface area contributed by atoms with Crippen LogP contribution in [-0.2, 0) is 9.53 Å². The number of nitrogen functional groups attached to an aromatic ring is 1. The molecule has 0 aliphatic heterocycles. The normalized spacial score (nSPS) is 17.9. The van der Waals surface area contributed by atoms with Crippen molar-refractivity contribution in [1.82, 2.24) is 0 Å². The number of nitrogens with one attached hydrogen (secondary N) is 1. The molecule has 4 nitrogen and oxygen atoms in total. The predicted molar refractivity (Wildman–Crippen MR) is 76.9 cm³/mol. The smallest absolute Gasteiger partial charge is 0.253 e. The molecule has 104 valence electrons. The summed E-state index contributed by atoms with van der Waals surface area (Å²) in [6.07, 6.45) is 5.65. The van der Waals surface area contributed by atoms with Crippen LogP contribution in [0.4, 0.5) is 11.4 Å². The fraction of sp³-hybridized carbons (Fsp3) is 0.533. The third-order valence-electron chi connectivity index (χ3n) is 3.50. The Hall–Kier alpha value is -1.55. The number of anilines is 2. The summed E-state index contributed by atoms with van der Waals surface area (Å²) >= 11 is 0. The zero-order valence-electron chi connectivity index (χ0n) is 11.4. The molecule has 1 aromatic carbocycles. The summed E-state index contributed by atoms with van der Waals surface area (Å²) in [7, 11) is 0. The van der Waals surface area contributed by atoms with Gasteiger partial charge in [-0.15, -0.1) is 0 Å². The highest BCUT2D eigenvalue weighted by Gasteiger charge is 2.21. The largest absolute Gasteiger partial charge is 0.399 e. The van der Waals surface area contributed by atoms with Crippen molar-refractivity contribution in [3.05, 3.63) is 24.3 Å². The molecule has 1 saturated carbocycles. The zero-order valence-corrected chi connectivity index (χ0v) is 11.4. The second kappa shape index (κ2) is 6.57. The van der Waals surface area contributed by atoms with Gasteiger partial charge in [-0.3, -0.25) is 4.79 Å². The summed E-state index contributed by atoms with van der Waals surface area (Å²) in [4.78, 5) is 12.0. The van der Waals surface area contributed by atoms with Crippen LogP contribution >= 0.6 is 0 Å². The number of benzene rings is 1. The zero-order chi connectivity index (χ0) is 13.7. The van der Waals surface area contributed by atoms with Gasteiger partial charge in [0, 0.05) is 11.4 Å². The average Bonchev–Trinajstić information content (AvgIpc) is 2.42. The Kier molecular flexibility index (Phi) is 4.80. The number of amides is 1. The van der Waals surface area contributed by atoms with E-state index in [1.54, 1.807) is 31.2 Å². The maximum Gasteiger partial charge on any atom is 0.253 e. The Labute approximate surface area is 114 Å². The lowest BCUT2D eigenvalue weighted by atomic mass is 9.97. The monoisotopic (exact) mass is 262 g/mol. The standard InChI is InChI=1S/C15H22N2O2/c1-11(19-14-5-3-2-4-6-14)15(18)17-13-9-7-12(16)8-10-13/h7-11,14H,2-6,16H2,1H3,(H,17,18). The first-order valence-electron chi connectivity index (χ1n) is 6.97. The number of hydrogen-bond acceptors (Lipinski definition) is 3. The highest BCUT2D eigenvalue weighted by Crippen LogP contribution is 2.21. The predicted octanol–water partition coefficient (Wildman–Crippen LogP) is 2.95. The van der Waals surface area contributed by atoms with Gasteiger partial charge >= 0.3 is 0 Å². The van der Waals surface area contributed by atoms with Crippen LogP contribution < -0.4 is 11.1 Å². The molecule has 1 aliphatic rings. The quantitative estimate of drug-likeness (QED) is 0.820. The summed E-state index contributed by atoms with van der Waals surface area (Å²) in [5.74, 6) is -0.102. The van der Waals surface area contributed by atoms with E-state index in [2.05, 4.69) is 5.32 Å². The molecular formula is C15H22N2O2. The van der Waals surface area contributed by atoms with Gasteiger partial charge in [-0.05, 0) is 44.0 Å². The van der Waals surface area contributed by atoms with E-state index in [1.807, 2.05) is 0 Å². The van der Waals surface area contributed by atoms with E-state index in [4.69, 9.17) is 10.5 Å². The number of rotatable bonds is 4. The molecule has 0 aromatic heterocycles. The van der Waals surface area contributed by atoms with Crippen LogP contribution in [0.1, 0.15) is 39.0 Å². The minimum atomic E-state index is -0.416. The topological polar surface area (TPSA) is 64.3 Å². The number of carbonyl (C=O) groups is 1. The molecule has 0 saturated heterocycles. The van der Waals surface area contributed by atoms with Gasteiger partial charge in [0.25, 0.3) is 5.91 Å². The van der Waals surface area contributed by atoms with Crippen LogP contribution in [0.5, 0.6) is 0 Å². The van der Waals surface area contributed by atoms with Gasteiger partial charge in [0.15, 0.2) is 0 Å². The molecule has 1 aliphatic carbocycles. The Morgan fingerprint density at radius 2 is 1.89 bits per heavy atom. The van der Waals surface area contributed by atoms with E-state index in [0.717, 1.165) is 18.5 Å². The summed E-state index contributed by atoms with van der Waals surface area (Å²) < 4.78 is 5.81. The SMILES string of the molecule is CC(OC1CCCCC1)C(=O)Nc1ccc(N)cc1. The summed E-state index contributed by atoms with van der Waals surface area (Å²) in [5, 5.41) is 2.84. The number of nitrogens with two attached hydrogens (primary N) is 1. The van der Waals surface area contributed by atoms with E-state index in [1.165, 1.54) is 19.3 Å². The summed E-state index contributed by atoms with van der Waals surface area (Å²) in [6.45, 7) is 1.81. The van der Waals surface area contributed by atoms with Crippen molar-refractivity contribution in [3.8, 4) is 0 Å². The van der Waals surface area contributed by atoms with E-state index in [-0.39, 0.29) is 12.0 Å². The maximum atomic E-state index is 12.0. The first-order chi connectivity index (χ1) is 9.15. The molecule has 2 rings (SSSR count). The first kappa shape index (κ1) is 13.9. The van der Waals surface area contributed by atoms with Crippen molar-refractivity contribution in [2.45, 2.75) is 51.2 Å². The first-order valence-corrected chi connectivity index (χ1v) is 6.97. The van der Waals surface area contributed by atoms with Crippen molar-refractivity contribution in [1.29, 1.82) is 0 Å². The lowest BCUT2D eigenvalue weighted by Gasteiger charge is -2.25. The van der Waals surface area contributed by atoms with Gasteiger partial charge in [-0.2, -0.15) is 0 Å². The fourth-order valence-electron chi connectivity index (χ4n) is 2.36. The maximum absolute atomic E-state index is 12.0. The summed E-state index contributed by atoms with van der Waals surface area (Å²) in [5.41, 5.74) is 7.04. The number of hydrogen-bond donors (Lipinski definition) is 2. The second-order valence-corrected chi connectivity index (χ2v) is 5.15. The third-order valence-corrected chi connectivity index (χ3v) is 3.50.